The third-order valence-electron chi connectivity index (χ3n) is 2.40. The summed E-state index contributed by atoms with van der Waals surface area (Å²) in [6.45, 7) is 1.90. The number of carbonyl (C=O) groups is 1. The van der Waals surface area contributed by atoms with Crippen molar-refractivity contribution in [3.05, 3.63) is 0 Å². The van der Waals surface area contributed by atoms with Crippen molar-refractivity contribution in [3.63, 3.8) is 0 Å². The predicted octanol–water partition coefficient (Wildman–Crippen LogP) is -0.383. The van der Waals surface area contributed by atoms with Gasteiger partial charge in [-0.25, -0.2) is 0 Å². The van der Waals surface area contributed by atoms with Crippen molar-refractivity contribution in [3.8, 4) is 0 Å². The maximum absolute atomic E-state index is 11.5. The summed E-state index contributed by atoms with van der Waals surface area (Å²) < 4.78 is 5.83. The average molecular weight is 234 g/mol. The topological polar surface area (TPSA) is 66.8 Å². The fraction of sp³-hybridized carbons (Fsp3) is 0.909. The van der Waals surface area contributed by atoms with E-state index in [1.807, 2.05) is 0 Å². The molecule has 0 fully saturated rings. The molecule has 0 rings (SSSR count). The van der Waals surface area contributed by atoms with Crippen LogP contribution in [0.2, 0.25) is 0 Å². The molecule has 0 amide bonds. The van der Waals surface area contributed by atoms with Crippen molar-refractivity contribution in [2.75, 3.05) is 47.5 Å². The molecule has 0 saturated carbocycles. The minimum Gasteiger partial charge on any atom is -0.465 e. The minimum atomic E-state index is -1.18. The van der Waals surface area contributed by atoms with Crippen LogP contribution in [0.15, 0.2) is 0 Å². The fourth-order valence-corrected chi connectivity index (χ4v) is 1.06. The number of nitrogens with zero attached hydrogens (tertiary/aromatic N) is 1. The van der Waals surface area contributed by atoms with Gasteiger partial charge >= 0.3 is 5.97 Å². The molecule has 0 aliphatic rings. The normalized spacial score (nSPS) is 12.6. The number of esters is 1. The van der Waals surface area contributed by atoms with Crippen LogP contribution in [0.25, 0.3) is 0 Å². The molecule has 0 aliphatic heterocycles. The first-order valence-corrected chi connectivity index (χ1v) is 5.44. The van der Waals surface area contributed by atoms with Crippen LogP contribution < -0.4 is 0 Å². The van der Waals surface area contributed by atoms with E-state index in [2.05, 4.69) is 21.1 Å². The maximum atomic E-state index is 11.5. The number of aliphatic hydroxyl groups excluding tert-OH is 2. The van der Waals surface area contributed by atoms with Crippen LogP contribution in [-0.2, 0) is 9.53 Å². The molecule has 0 spiro atoms. The van der Waals surface area contributed by atoms with E-state index in [1.54, 1.807) is 0 Å². The molecule has 16 heavy (non-hydrogen) atoms. The molecule has 2 N–H and O–H groups in total. The summed E-state index contributed by atoms with van der Waals surface area (Å²) in [4.78, 5) is 11.5. The highest BCUT2D eigenvalue weighted by atomic mass is 16.5. The van der Waals surface area contributed by atoms with E-state index in [-0.39, 0.29) is 0 Å². The molecule has 0 radical (unpaired) electrons. The number of quaternary nitrogens is 1. The first-order valence-electron chi connectivity index (χ1n) is 5.44. The van der Waals surface area contributed by atoms with Gasteiger partial charge in [0.05, 0.1) is 47.5 Å². The Bertz CT molecular complexity index is 219. The molecule has 0 aromatic carbocycles. The first-order chi connectivity index (χ1) is 7.25. The Balaban J connectivity index is 3.90. The minimum absolute atomic E-state index is 0.323. The fourth-order valence-electron chi connectivity index (χ4n) is 1.06. The van der Waals surface area contributed by atoms with Crippen LogP contribution in [0.1, 0.15) is 13.3 Å². The Morgan fingerprint density at radius 1 is 1.25 bits per heavy atom. The van der Waals surface area contributed by atoms with Gasteiger partial charge < -0.3 is 19.4 Å². The second-order valence-corrected chi connectivity index (χ2v) is 5.38. The number of hydrogen-bond acceptors (Lipinski definition) is 4. The van der Waals surface area contributed by atoms with Gasteiger partial charge in [0.1, 0.15) is 5.41 Å². The molecular weight excluding hydrogens is 210 g/mol. The highest BCUT2D eigenvalue weighted by Gasteiger charge is 2.33. The number of ether oxygens (including phenoxy) is 1. The van der Waals surface area contributed by atoms with Crippen LogP contribution in [0.4, 0.5) is 0 Å². The van der Waals surface area contributed by atoms with E-state index in [4.69, 9.17) is 14.9 Å². The van der Waals surface area contributed by atoms with Crippen LogP contribution in [0.5, 0.6) is 0 Å². The van der Waals surface area contributed by atoms with Crippen molar-refractivity contribution in [2.45, 2.75) is 13.3 Å². The zero-order valence-electron chi connectivity index (χ0n) is 10.7. The Morgan fingerprint density at radius 2 is 1.75 bits per heavy atom. The molecule has 0 unspecified atom stereocenters. The summed E-state index contributed by atoms with van der Waals surface area (Å²) >= 11 is 0. The van der Waals surface area contributed by atoms with E-state index in [0.29, 0.717) is 6.61 Å². The molecule has 0 bridgehead atoms. The lowest BCUT2D eigenvalue weighted by atomic mass is 9.93. The summed E-state index contributed by atoms with van der Waals surface area (Å²) in [6, 6.07) is 0. The predicted molar refractivity (Wildman–Crippen MR) is 60.8 cm³/mol. The van der Waals surface area contributed by atoms with E-state index < -0.39 is 24.6 Å². The largest absolute Gasteiger partial charge is 0.465 e. The van der Waals surface area contributed by atoms with Crippen molar-refractivity contribution in [1.29, 1.82) is 0 Å². The van der Waals surface area contributed by atoms with Crippen LogP contribution in [0, 0.1) is 5.41 Å². The van der Waals surface area contributed by atoms with Gasteiger partial charge in [-0.15, -0.1) is 0 Å². The Hall–Kier alpha value is -0.650. The molecule has 96 valence electrons. The average Bonchev–Trinajstić information content (AvgIpc) is 2.21. The third-order valence-corrected chi connectivity index (χ3v) is 2.40. The van der Waals surface area contributed by atoms with Gasteiger partial charge in [-0.2, -0.15) is 0 Å². The highest BCUT2D eigenvalue weighted by Crippen LogP contribution is 2.16. The van der Waals surface area contributed by atoms with Crippen LogP contribution >= 0.6 is 0 Å². The summed E-state index contributed by atoms with van der Waals surface area (Å²) in [5.41, 5.74) is -1.18. The van der Waals surface area contributed by atoms with Crippen LogP contribution in [0.3, 0.4) is 0 Å². The first kappa shape index (κ1) is 15.3. The van der Waals surface area contributed by atoms with Gasteiger partial charge in [0.15, 0.2) is 0 Å². The smallest absolute Gasteiger partial charge is 0.316 e. The number of hydrogen-bond donors (Lipinski definition) is 2. The highest BCUT2D eigenvalue weighted by molar-refractivity contribution is 5.76. The van der Waals surface area contributed by atoms with E-state index in [9.17, 15) is 4.79 Å². The molecule has 5 heteroatoms. The Morgan fingerprint density at radius 3 is 2.12 bits per heavy atom. The number of aliphatic hydroxyl groups is 2. The molecule has 0 aromatic heterocycles. The zero-order valence-corrected chi connectivity index (χ0v) is 10.7. The summed E-state index contributed by atoms with van der Waals surface area (Å²) in [7, 11) is 6.19. The summed E-state index contributed by atoms with van der Waals surface area (Å²) in [5, 5.41) is 18.0. The Labute approximate surface area is 97.2 Å². The van der Waals surface area contributed by atoms with Crippen molar-refractivity contribution in [2.24, 2.45) is 5.41 Å². The van der Waals surface area contributed by atoms with Gasteiger partial charge in [-0.1, -0.05) is 0 Å². The molecule has 0 aromatic rings. The van der Waals surface area contributed by atoms with Gasteiger partial charge in [-0.3, -0.25) is 4.79 Å². The van der Waals surface area contributed by atoms with E-state index >= 15 is 0 Å². The summed E-state index contributed by atoms with van der Waals surface area (Å²) in [6.07, 6.45) is 0.766. The Kier molecular flexibility index (Phi) is 5.92. The lowest BCUT2D eigenvalue weighted by Gasteiger charge is -2.25. The number of rotatable bonds is 7. The van der Waals surface area contributed by atoms with E-state index in [1.165, 1.54) is 6.92 Å². The quantitative estimate of drug-likeness (QED) is 0.358. The molecule has 0 heterocycles. The lowest BCUT2D eigenvalue weighted by Crippen LogP contribution is -2.38. The molecule has 0 atom stereocenters. The van der Waals surface area contributed by atoms with Gasteiger partial charge in [0.25, 0.3) is 0 Å². The standard InChI is InChI=1S/C11H24NO4/c1-11(8-13,9-14)10(15)16-7-5-6-12(2,3)4/h13-14H,5-9H2,1-4H3/q+1. The van der Waals surface area contributed by atoms with Gasteiger partial charge in [-0.05, 0) is 6.92 Å². The molecule has 0 aliphatic carbocycles. The second kappa shape index (κ2) is 6.18. The van der Waals surface area contributed by atoms with Gasteiger partial charge in [0.2, 0.25) is 0 Å². The number of carbonyl (C=O) groups excluding carboxylic acids is 1. The maximum Gasteiger partial charge on any atom is 0.316 e. The SMILES string of the molecule is CC(CO)(CO)C(=O)OCCC[N+](C)(C)C. The summed E-state index contributed by atoms with van der Waals surface area (Å²) in [5.74, 6) is -0.543. The van der Waals surface area contributed by atoms with Crippen molar-refractivity contribution < 1.29 is 24.2 Å². The monoisotopic (exact) mass is 234 g/mol. The van der Waals surface area contributed by atoms with Crippen molar-refractivity contribution in [1.82, 2.24) is 0 Å². The van der Waals surface area contributed by atoms with Crippen LogP contribution in [-0.4, -0.2) is 68.2 Å². The lowest BCUT2D eigenvalue weighted by molar-refractivity contribution is -0.870. The third kappa shape index (κ3) is 5.44. The van der Waals surface area contributed by atoms with Gasteiger partial charge in [0, 0.05) is 6.42 Å². The molecular formula is C11H24NO4+. The molecule has 5 nitrogen and oxygen atoms in total. The zero-order chi connectivity index (χ0) is 12.8. The molecule has 0 saturated heterocycles. The van der Waals surface area contributed by atoms with Crippen molar-refractivity contribution >= 4 is 5.97 Å². The second-order valence-electron chi connectivity index (χ2n) is 5.38. The van der Waals surface area contributed by atoms with E-state index in [0.717, 1.165) is 17.4 Å².